The van der Waals surface area contributed by atoms with Crippen molar-refractivity contribution in [2.75, 3.05) is 6.54 Å². The molecule has 2 aromatic heterocycles. The first kappa shape index (κ1) is 13.3. The summed E-state index contributed by atoms with van der Waals surface area (Å²) in [4.78, 5) is 16.3. The van der Waals surface area contributed by atoms with E-state index >= 15 is 0 Å². The molecule has 4 nitrogen and oxygen atoms in total. The first-order chi connectivity index (χ1) is 10.3. The number of benzene rings is 1. The number of nitrogens with zero attached hydrogens (tertiary/aromatic N) is 2. The highest BCUT2D eigenvalue weighted by Crippen LogP contribution is 2.08. The Morgan fingerprint density at radius 1 is 1.19 bits per heavy atom. The number of carbonyl (C=O) groups is 1. The molecule has 3 rings (SSSR count). The summed E-state index contributed by atoms with van der Waals surface area (Å²) in [6, 6.07) is 11.9. The second-order valence-electron chi connectivity index (χ2n) is 4.66. The third-order valence-electron chi connectivity index (χ3n) is 3.30. The maximum Gasteiger partial charge on any atom is 0.268 e. The van der Waals surface area contributed by atoms with Crippen LogP contribution in [0.1, 0.15) is 16.1 Å². The third kappa shape index (κ3) is 2.76. The van der Waals surface area contributed by atoms with Crippen molar-refractivity contribution >= 4 is 11.6 Å². The van der Waals surface area contributed by atoms with Crippen molar-refractivity contribution in [3.63, 3.8) is 0 Å². The van der Waals surface area contributed by atoms with Gasteiger partial charge in [0, 0.05) is 18.9 Å². The molecule has 0 radical (unpaired) electrons. The number of rotatable bonds is 4. The monoisotopic (exact) mass is 283 g/mol. The van der Waals surface area contributed by atoms with E-state index in [2.05, 4.69) is 10.3 Å². The Morgan fingerprint density at radius 2 is 2.05 bits per heavy atom. The summed E-state index contributed by atoms with van der Waals surface area (Å²) >= 11 is 0. The van der Waals surface area contributed by atoms with Crippen molar-refractivity contribution in [1.29, 1.82) is 0 Å². The van der Waals surface area contributed by atoms with E-state index in [1.807, 2.05) is 6.07 Å². The number of hydrogen-bond acceptors (Lipinski definition) is 2. The van der Waals surface area contributed by atoms with Gasteiger partial charge in [-0.25, -0.2) is 9.37 Å². The minimum absolute atomic E-state index is 0.199. The van der Waals surface area contributed by atoms with Crippen LogP contribution in [0.15, 0.2) is 54.9 Å². The van der Waals surface area contributed by atoms with Gasteiger partial charge in [-0.2, -0.15) is 0 Å². The van der Waals surface area contributed by atoms with Crippen LogP contribution >= 0.6 is 0 Å². The van der Waals surface area contributed by atoms with Gasteiger partial charge in [-0.1, -0.05) is 24.3 Å². The van der Waals surface area contributed by atoms with E-state index < -0.39 is 0 Å². The van der Waals surface area contributed by atoms with Crippen molar-refractivity contribution in [1.82, 2.24) is 14.7 Å². The molecule has 106 valence electrons. The number of amides is 1. The van der Waals surface area contributed by atoms with Crippen LogP contribution in [0, 0.1) is 5.82 Å². The summed E-state index contributed by atoms with van der Waals surface area (Å²) in [6.45, 7) is 0.380. The van der Waals surface area contributed by atoms with Crippen LogP contribution in [0.4, 0.5) is 4.39 Å². The molecule has 0 spiro atoms. The van der Waals surface area contributed by atoms with Crippen LogP contribution < -0.4 is 5.32 Å². The van der Waals surface area contributed by atoms with E-state index in [0.29, 0.717) is 24.2 Å². The summed E-state index contributed by atoms with van der Waals surface area (Å²) in [7, 11) is 0. The van der Waals surface area contributed by atoms with E-state index in [1.165, 1.54) is 6.07 Å². The molecule has 0 saturated heterocycles. The molecular weight excluding hydrogens is 269 g/mol. The quantitative estimate of drug-likeness (QED) is 0.799. The van der Waals surface area contributed by atoms with Crippen LogP contribution in [0.25, 0.3) is 5.65 Å². The predicted molar refractivity (Wildman–Crippen MR) is 77.6 cm³/mol. The molecule has 0 saturated carbocycles. The normalized spacial score (nSPS) is 10.7. The topological polar surface area (TPSA) is 46.4 Å². The molecule has 0 aliphatic heterocycles. The standard InChI is InChI=1S/C16H14FN3O/c17-13-5-2-1-4-12(13)8-9-19-16(21)14-6-3-7-15-18-10-11-20(14)15/h1-7,10-11H,8-9H2,(H,19,21). The van der Waals surface area contributed by atoms with Gasteiger partial charge in [0.1, 0.15) is 17.2 Å². The van der Waals surface area contributed by atoms with Crippen LogP contribution in [-0.4, -0.2) is 21.8 Å². The zero-order chi connectivity index (χ0) is 14.7. The molecule has 0 fully saturated rings. The molecule has 2 heterocycles. The van der Waals surface area contributed by atoms with Crippen LogP contribution in [-0.2, 0) is 6.42 Å². The zero-order valence-corrected chi connectivity index (χ0v) is 11.3. The fraction of sp³-hybridized carbons (Fsp3) is 0.125. The van der Waals surface area contributed by atoms with Crippen LogP contribution in [0.3, 0.4) is 0 Å². The highest BCUT2D eigenvalue weighted by atomic mass is 19.1. The Morgan fingerprint density at radius 3 is 2.90 bits per heavy atom. The Kier molecular flexibility index (Phi) is 3.64. The number of hydrogen-bond donors (Lipinski definition) is 1. The van der Waals surface area contributed by atoms with Crippen molar-refractivity contribution in [2.45, 2.75) is 6.42 Å². The van der Waals surface area contributed by atoms with Crippen LogP contribution in [0.2, 0.25) is 0 Å². The van der Waals surface area contributed by atoms with Gasteiger partial charge in [-0.3, -0.25) is 9.20 Å². The first-order valence-corrected chi connectivity index (χ1v) is 6.69. The average molecular weight is 283 g/mol. The predicted octanol–water partition coefficient (Wildman–Crippen LogP) is 2.45. The molecule has 1 N–H and O–H groups in total. The SMILES string of the molecule is O=C(NCCc1ccccc1F)c1cccc2nccn12. The molecule has 0 atom stereocenters. The summed E-state index contributed by atoms with van der Waals surface area (Å²) in [5, 5.41) is 2.80. The zero-order valence-electron chi connectivity index (χ0n) is 11.3. The fourth-order valence-electron chi connectivity index (χ4n) is 2.24. The number of imidazole rings is 1. The molecule has 3 aromatic rings. The Hall–Kier alpha value is -2.69. The number of carbonyl (C=O) groups excluding carboxylic acids is 1. The van der Waals surface area contributed by atoms with Gasteiger partial charge in [0.25, 0.3) is 5.91 Å². The smallest absolute Gasteiger partial charge is 0.268 e. The van der Waals surface area contributed by atoms with Gasteiger partial charge in [0.15, 0.2) is 0 Å². The van der Waals surface area contributed by atoms with Crippen molar-refractivity contribution in [3.05, 3.63) is 71.9 Å². The molecule has 1 aromatic carbocycles. The lowest BCUT2D eigenvalue weighted by Gasteiger charge is -2.08. The molecule has 0 unspecified atom stereocenters. The van der Waals surface area contributed by atoms with Crippen molar-refractivity contribution < 1.29 is 9.18 Å². The minimum atomic E-state index is -0.247. The maximum atomic E-state index is 13.5. The molecule has 21 heavy (non-hydrogen) atoms. The highest BCUT2D eigenvalue weighted by molar-refractivity contribution is 5.93. The lowest BCUT2D eigenvalue weighted by Crippen LogP contribution is -2.27. The number of nitrogens with one attached hydrogen (secondary N) is 1. The number of pyridine rings is 1. The van der Waals surface area contributed by atoms with Gasteiger partial charge >= 0.3 is 0 Å². The lowest BCUT2D eigenvalue weighted by atomic mass is 10.1. The molecule has 1 amide bonds. The second-order valence-corrected chi connectivity index (χ2v) is 4.66. The Labute approximate surface area is 121 Å². The summed E-state index contributed by atoms with van der Waals surface area (Å²) < 4.78 is 15.2. The van der Waals surface area contributed by atoms with Gasteiger partial charge in [0.2, 0.25) is 0 Å². The number of fused-ring (bicyclic) bond motifs is 1. The lowest BCUT2D eigenvalue weighted by molar-refractivity contribution is 0.0947. The summed E-state index contributed by atoms with van der Waals surface area (Å²) in [6.07, 6.45) is 3.84. The first-order valence-electron chi connectivity index (χ1n) is 6.69. The minimum Gasteiger partial charge on any atom is -0.350 e. The molecular formula is C16H14FN3O. The number of halogens is 1. The van der Waals surface area contributed by atoms with Gasteiger partial charge < -0.3 is 5.32 Å². The second kappa shape index (κ2) is 5.75. The van der Waals surface area contributed by atoms with Crippen molar-refractivity contribution in [3.8, 4) is 0 Å². The molecule has 0 bridgehead atoms. The highest BCUT2D eigenvalue weighted by Gasteiger charge is 2.09. The maximum absolute atomic E-state index is 13.5. The largest absolute Gasteiger partial charge is 0.350 e. The van der Waals surface area contributed by atoms with Gasteiger partial charge in [-0.15, -0.1) is 0 Å². The Bertz CT molecular complexity index is 782. The van der Waals surface area contributed by atoms with Crippen molar-refractivity contribution in [2.24, 2.45) is 0 Å². The molecule has 5 heteroatoms. The summed E-state index contributed by atoms with van der Waals surface area (Å²) in [5.41, 5.74) is 1.83. The van der Waals surface area contributed by atoms with E-state index in [0.717, 1.165) is 5.65 Å². The van der Waals surface area contributed by atoms with E-state index in [-0.39, 0.29) is 11.7 Å². The average Bonchev–Trinajstić information content (AvgIpc) is 2.97. The van der Waals surface area contributed by atoms with E-state index in [1.54, 1.807) is 47.1 Å². The van der Waals surface area contributed by atoms with E-state index in [9.17, 15) is 9.18 Å². The summed E-state index contributed by atoms with van der Waals surface area (Å²) in [5.74, 6) is -0.446. The fourth-order valence-corrected chi connectivity index (χ4v) is 2.24. The van der Waals surface area contributed by atoms with Gasteiger partial charge in [0.05, 0.1) is 0 Å². The molecule has 0 aliphatic carbocycles. The number of aromatic nitrogens is 2. The van der Waals surface area contributed by atoms with E-state index in [4.69, 9.17) is 0 Å². The Balaban J connectivity index is 1.67. The van der Waals surface area contributed by atoms with Crippen LogP contribution in [0.5, 0.6) is 0 Å². The van der Waals surface area contributed by atoms with Gasteiger partial charge in [-0.05, 0) is 30.2 Å². The third-order valence-corrected chi connectivity index (χ3v) is 3.30. The molecule has 0 aliphatic rings.